The minimum atomic E-state index is -3.87. The van der Waals surface area contributed by atoms with Gasteiger partial charge in [-0.2, -0.15) is 4.31 Å². The summed E-state index contributed by atoms with van der Waals surface area (Å²) in [7, 11) is 1.16. The van der Waals surface area contributed by atoms with Gasteiger partial charge in [0.15, 0.2) is 0 Å². The summed E-state index contributed by atoms with van der Waals surface area (Å²) in [5.41, 5.74) is 1.28. The summed E-state index contributed by atoms with van der Waals surface area (Å²) in [6.07, 6.45) is 0. The molecule has 0 atom stereocenters. The van der Waals surface area contributed by atoms with Crippen molar-refractivity contribution in [2.45, 2.75) is 4.90 Å². The van der Waals surface area contributed by atoms with E-state index < -0.39 is 28.5 Å². The molecule has 0 unspecified atom stereocenters. The van der Waals surface area contributed by atoms with E-state index in [1.807, 2.05) is 59.8 Å². The molecular formula is C22H21I3N2O6S. The van der Waals surface area contributed by atoms with Gasteiger partial charge in [0.2, 0.25) is 10.0 Å². The first-order chi connectivity index (χ1) is 15.8. The maximum atomic E-state index is 12.6. The molecule has 0 aliphatic carbocycles. The van der Waals surface area contributed by atoms with Gasteiger partial charge in [-0.05, 0) is 92.0 Å². The molecule has 0 saturated carbocycles. The van der Waals surface area contributed by atoms with Crippen LogP contribution in [0, 0.1) is 10.7 Å². The topological polar surface area (TPSA) is 115 Å². The molecule has 12 heteroatoms. The smallest absolute Gasteiger partial charge is 0.336 e. The highest BCUT2D eigenvalue weighted by molar-refractivity contribution is 14.1. The van der Waals surface area contributed by atoms with Crippen LogP contribution in [0.25, 0.3) is 10.8 Å². The van der Waals surface area contributed by atoms with Crippen molar-refractivity contribution in [3.8, 4) is 0 Å². The van der Waals surface area contributed by atoms with E-state index in [2.05, 4.69) is 45.2 Å². The normalized spacial score (nSPS) is 11.1. The lowest BCUT2D eigenvalue weighted by molar-refractivity contribution is -0.137. The van der Waals surface area contributed by atoms with Gasteiger partial charge in [0.25, 0.3) is 0 Å². The number of carboxylic acids is 2. The Morgan fingerprint density at radius 1 is 0.912 bits per heavy atom. The molecule has 0 aliphatic heterocycles. The zero-order valence-electron chi connectivity index (χ0n) is 18.3. The number of fused-ring (bicyclic) bond motifs is 1. The van der Waals surface area contributed by atoms with E-state index in [-0.39, 0.29) is 4.90 Å². The molecule has 3 aromatic carbocycles. The Balaban J connectivity index is 0.000000287. The maximum absolute atomic E-state index is 12.6. The van der Waals surface area contributed by atoms with Crippen LogP contribution in [-0.2, 0) is 14.8 Å². The van der Waals surface area contributed by atoms with E-state index in [1.165, 1.54) is 13.1 Å². The molecule has 3 rings (SSSR count). The van der Waals surface area contributed by atoms with Crippen LogP contribution in [0.3, 0.4) is 0 Å². The van der Waals surface area contributed by atoms with E-state index >= 15 is 0 Å². The number of carboxylic acid groups (broad SMARTS) is 2. The second-order valence-electron chi connectivity index (χ2n) is 7.23. The second kappa shape index (κ2) is 12.1. The number of aliphatic carboxylic acids is 1. The molecule has 2 N–H and O–H groups in total. The molecule has 0 aliphatic rings. The molecule has 0 spiro atoms. The predicted octanol–water partition coefficient (Wildman–Crippen LogP) is 4.81. The number of carbonyl (C=O) groups is 2. The molecule has 3 aromatic rings. The van der Waals surface area contributed by atoms with Gasteiger partial charge in [0.1, 0.15) is 6.54 Å². The number of aromatic carboxylic acids is 1. The quantitative estimate of drug-likeness (QED) is 0.271. The average Bonchev–Trinajstić information content (AvgIpc) is 2.75. The largest absolute Gasteiger partial charge is 0.480 e. The number of likely N-dealkylation sites (N-methyl/N-ethyl adjacent to an activating group) is 1. The number of anilines is 1. The van der Waals surface area contributed by atoms with Crippen LogP contribution in [0.5, 0.6) is 0 Å². The fraction of sp³-hybridized carbons (Fsp3) is 0.182. The van der Waals surface area contributed by atoms with Crippen molar-refractivity contribution in [2.75, 3.05) is 32.6 Å². The van der Waals surface area contributed by atoms with Gasteiger partial charge in [0, 0.05) is 48.3 Å². The van der Waals surface area contributed by atoms with Crippen LogP contribution in [0.2, 0.25) is 0 Å². The third-order valence-corrected chi connectivity index (χ3v) is 10.1. The summed E-state index contributed by atoms with van der Waals surface area (Å²) in [6, 6.07) is 14.0. The van der Waals surface area contributed by atoms with Crippen molar-refractivity contribution in [3.63, 3.8) is 0 Å². The van der Waals surface area contributed by atoms with Gasteiger partial charge >= 0.3 is 11.9 Å². The van der Waals surface area contributed by atoms with E-state index in [4.69, 9.17) is 10.2 Å². The number of sulfonamides is 1. The van der Waals surface area contributed by atoms with E-state index in [9.17, 15) is 18.0 Å². The Bertz CT molecular complexity index is 1350. The molecule has 0 bridgehead atoms. The monoisotopic (exact) mass is 822 g/mol. The number of halogens is 3. The molecule has 8 nitrogen and oxygen atoms in total. The number of rotatable bonds is 6. The third kappa shape index (κ3) is 6.92. The highest BCUT2D eigenvalue weighted by Gasteiger charge is 2.25. The summed E-state index contributed by atoms with van der Waals surface area (Å²) < 4.78 is 28.8. The van der Waals surface area contributed by atoms with Crippen molar-refractivity contribution in [2.24, 2.45) is 0 Å². The molecule has 182 valence electrons. The lowest BCUT2D eigenvalue weighted by atomic mass is 10.1. The first kappa shape index (κ1) is 29.0. The number of hydrogen-bond acceptors (Lipinski definition) is 5. The summed E-state index contributed by atoms with van der Waals surface area (Å²) in [6.45, 7) is -0.577. The SMILES string of the molecule is CN(C)c1cccc2c(S(=O)(=O)N(C)CC(=O)O)cccc12.O=C(O)c1cc(I)cc(I)c1I. The first-order valence-corrected chi connectivity index (χ1v) is 14.2. The highest BCUT2D eigenvalue weighted by Crippen LogP contribution is 2.31. The van der Waals surface area contributed by atoms with Crippen LogP contribution >= 0.6 is 67.8 Å². The third-order valence-electron chi connectivity index (χ3n) is 4.61. The van der Waals surface area contributed by atoms with Gasteiger partial charge < -0.3 is 15.1 Å². The standard InChI is InChI=1S/C15H18N2O4S.C7H3I3O2/c1-16(2)13-8-4-7-12-11(13)6-5-9-14(12)22(20,21)17(3)10-15(18)19;8-3-1-4(7(11)12)6(10)5(9)2-3/h4-9H,10H2,1-3H3,(H,18,19);1-2H,(H,11,12). The molecule has 0 fully saturated rings. The summed E-state index contributed by atoms with van der Waals surface area (Å²) in [5, 5.41) is 19.0. The van der Waals surface area contributed by atoms with Crippen LogP contribution in [0.15, 0.2) is 53.4 Å². The predicted molar refractivity (Wildman–Crippen MR) is 157 cm³/mol. The number of benzene rings is 3. The number of hydrogen-bond donors (Lipinski definition) is 2. The lowest BCUT2D eigenvalue weighted by Gasteiger charge is -2.19. The molecule has 0 aromatic heterocycles. The van der Waals surface area contributed by atoms with Crippen LogP contribution in [-0.4, -0.2) is 62.6 Å². The summed E-state index contributed by atoms with van der Waals surface area (Å²) >= 11 is 6.29. The zero-order chi connectivity index (χ0) is 25.8. The van der Waals surface area contributed by atoms with E-state index in [0.29, 0.717) is 10.9 Å². The Labute approximate surface area is 238 Å². The lowest BCUT2D eigenvalue weighted by Crippen LogP contribution is -2.32. The van der Waals surface area contributed by atoms with E-state index in [0.717, 1.165) is 26.1 Å². The van der Waals surface area contributed by atoms with Crippen LogP contribution in [0.1, 0.15) is 10.4 Å². The fourth-order valence-corrected chi connectivity index (χ4v) is 6.74. The first-order valence-electron chi connectivity index (χ1n) is 9.52. The maximum Gasteiger partial charge on any atom is 0.336 e. The Morgan fingerprint density at radius 2 is 1.50 bits per heavy atom. The van der Waals surface area contributed by atoms with Gasteiger partial charge in [-0.1, -0.05) is 24.3 Å². The van der Waals surface area contributed by atoms with Gasteiger partial charge in [-0.25, -0.2) is 13.2 Å². The Morgan fingerprint density at radius 3 is 2.06 bits per heavy atom. The van der Waals surface area contributed by atoms with Crippen molar-refractivity contribution in [1.29, 1.82) is 0 Å². The molecule has 0 radical (unpaired) electrons. The minimum Gasteiger partial charge on any atom is -0.480 e. The Hall–Kier alpha value is -1.24. The summed E-state index contributed by atoms with van der Waals surface area (Å²) in [4.78, 5) is 23.5. The molecule has 34 heavy (non-hydrogen) atoms. The average molecular weight is 822 g/mol. The van der Waals surface area contributed by atoms with Gasteiger partial charge in [-0.15, -0.1) is 0 Å². The van der Waals surface area contributed by atoms with E-state index in [1.54, 1.807) is 24.3 Å². The minimum absolute atomic E-state index is 0.109. The van der Waals surface area contributed by atoms with Crippen molar-refractivity contribution in [1.82, 2.24) is 4.31 Å². The molecule has 0 saturated heterocycles. The summed E-state index contributed by atoms with van der Waals surface area (Å²) in [5.74, 6) is -2.06. The highest BCUT2D eigenvalue weighted by atomic mass is 127. The molecule has 0 heterocycles. The van der Waals surface area contributed by atoms with Crippen molar-refractivity contribution >= 4 is 106 Å². The van der Waals surface area contributed by atoms with Gasteiger partial charge in [-0.3, -0.25) is 4.79 Å². The van der Waals surface area contributed by atoms with Gasteiger partial charge in [0.05, 0.1) is 10.5 Å². The molecule has 0 amide bonds. The van der Waals surface area contributed by atoms with Crippen LogP contribution in [0.4, 0.5) is 5.69 Å². The van der Waals surface area contributed by atoms with Crippen molar-refractivity contribution in [3.05, 3.63) is 64.8 Å². The number of nitrogens with zero attached hydrogens (tertiary/aromatic N) is 2. The zero-order valence-corrected chi connectivity index (χ0v) is 25.6. The van der Waals surface area contributed by atoms with Crippen molar-refractivity contribution < 1.29 is 28.2 Å². The molecular weight excluding hydrogens is 801 g/mol. The fourth-order valence-electron chi connectivity index (χ4n) is 3.03. The Kier molecular flexibility index (Phi) is 10.3. The second-order valence-corrected chi connectivity index (χ2v) is 12.7. The van der Waals surface area contributed by atoms with Crippen LogP contribution < -0.4 is 4.90 Å².